The maximum Gasteiger partial charge on any atom is 0.237 e. The number of benzene rings is 1. The van der Waals surface area contributed by atoms with Gasteiger partial charge in [0.05, 0.1) is 19.2 Å². The molecule has 106 valence electrons. The lowest BCUT2D eigenvalue weighted by Gasteiger charge is -2.18. The molecular formula is C15H24N2O2. The van der Waals surface area contributed by atoms with Crippen molar-refractivity contribution < 1.29 is 9.53 Å². The zero-order chi connectivity index (χ0) is 14.3. The topological polar surface area (TPSA) is 64.4 Å². The molecule has 4 nitrogen and oxygen atoms in total. The predicted octanol–water partition coefficient (Wildman–Crippen LogP) is 2.39. The highest BCUT2D eigenvalue weighted by atomic mass is 16.5. The van der Waals surface area contributed by atoms with E-state index >= 15 is 0 Å². The van der Waals surface area contributed by atoms with Crippen molar-refractivity contribution in [3.8, 4) is 5.75 Å². The summed E-state index contributed by atoms with van der Waals surface area (Å²) in [6, 6.07) is 7.18. The summed E-state index contributed by atoms with van der Waals surface area (Å²) in [5.41, 5.74) is 6.86. The van der Waals surface area contributed by atoms with Crippen LogP contribution in [0.2, 0.25) is 0 Å². The second-order valence-corrected chi connectivity index (χ2v) is 4.76. The van der Waals surface area contributed by atoms with E-state index in [9.17, 15) is 4.79 Å². The van der Waals surface area contributed by atoms with E-state index < -0.39 is 6.04 Å². The van der Waals surface area contributed by atoms with Gasteiger partial charge in [-0.05, 0) is 31.0 Å². The maximum absolute atomic E-state index is 11.9. The highest BCUT2D eigenvalue weighted by molar-refractivity contribution is 5.81. The van der Waals surface area contributed by atoms with Crippen LogP contribution in [0.5, 0.6) is 5.75 Å². The van der Waals surface area contributed by atoms with Gasteiger partial charge in [-0.25, -0.2) is 0 Å². The van der Waals surface area contributed by atoms with Gasteiger partial charge in [0.1, 0.15) is 5.75 Å². The number of carbonyl (C=O) groups excluding carboxylic acids is 1. The minimum atomic E-state index is -0.423. The zero-order valence-electron chi connectivity index (χ0n) is 12.0. The van der Waals surface area contributed by atoms with Crippen LogP contribution < -0.4 is 15.8 Å². The van der Waals surface area contributed by atoms with Crippen molar-refractivity contribution in [3.63, 3.8) is 0 Å². The lowest BCUT2D eigenvalue weighted by atomic mass is 10.1. The Morgan fingerprint density at radius 3 is 2.84 bits per heavy atom. The van der Waals surface area contributed by atoms with Crippen LogP contribution in [0.4, 0.5) is 0 Å². The maximum atomic E-state index is 11.9. The fraction of sp³-hybridized carbons (Fsp3) is 0.533. The summed E-state index contributed by atoms with van der Waals surface area (Å²) in [7, 11) is 1.63. The van der Waals surface area contributed by atoms with Gasteiger partial charge in [-0.3, -0.25) is 4.79 Å². The predicted molar refractivity (Wildman–Crippen MR) is 77.1 cm³/mol. The summed E-state index contributed by atoms with van der Waals surface area (Å²) in [6.45, 7) is 4.03. The molecule has 0 saturated heterocycles. The molecule has 0 radical (unpaired) electrons. The quantitative estimate of drug-likeness (QED) is 0.794. The molecule has 2 atom stereocenters. The fourth-order valence-electron chi connectivity index (χ4n) is 1.87. The van der Waals surface area contributed by atoms with E-state index in [4.69, 9.17) is 10.5 Å². The first-order chi connectivity index (χ1) is 9.08. The van der Waals surface area contributed by atoms with Gasteiger partial charge < -0.3 is 15.8 Å². The van der Waals surface area contributed by atoms with Gasteiger partial charge in [0.2, 0.25) is 5.91 Å². The molecule has 1 amide bonds. The molecular weight excluding hydrogens is 240 g/mol. The molecule has 4 heteroatoms. The molecule has 0 fully saturated rings. The van der Waals surface area contributed by atoms with E-state index in [0.717, 1.165) is 30.6 Å². The molecule has 3 N–H and O–H groups in total. The second-order valence-electron chi connectivity index (χ2n) is 4.76. The number of nitrogens with one attached hydrogen (secondary N) is 1. The lowest BCUT2D eigenvalue weighted by molar-refractivity contribution is -0.123. The van der Waals surface area contributed by atoms with E-state index in [1.807, 2.05) is 31.2 Å². The van der Waals surface area contributed by atoms with Crippen molar-refractivity contribution in [1.82, 2.24) is 5.32 Å². The molecule has 0 bridgehead atoms. The summed E-state index contributed by atoms with van der Waals surface area (Å²) in [5.74, 6) is 0.692. The summed E-state index contributed by atoms with van der Waals surface area (Å²) in [4.78, 5) is 11.9. The van der Waals surface area contributed by atoms with E-state index in [0.29, 0.717) is 0 Å². The number of unbranched alkanes of at least 4 members (excludes halogenated alkanes) is 1. The Balaban J connectivity index is 2.58. The van der Waals surface area contributed by atoms with Crippen molar-refractivity contribution in [1.29, 1.82) is 0 Å². The van der Waals surface area contributed by atoms with Crippen LogP contribution in [0, 0.1) is 0 Å². The van der Waals surface area contributed by atoms with Crippen LogP contribution in [0.15, 0.2) is 24.3 Å². The Kier molecular flexibility index (Phi) is 6.36. The number of amides is 1. The third kappa shape index (κ3) is 4.91. The van der Waals surface area contributed by atoms with Gasteiger partial charge in [-0.15, -0.1) is 0 Å². The van der Waals surface area contributed by atoms with Crippen molar-refractivity contribution >= 4 is 5.91 Å². The highest BCUT2D eigenvalue weighted by Crippen LogP contribution is 2.18. The van der Waals surface area contributed by atoms with Gasteiger partial charge in [0.15, 0.2) is 0 Å². The average Bonchev–Trinajstić information content (AvgIpc) is 2.44. The lowest BCUT2D eigenvalue weighted by Crippen LogP contribution is -2.41. The molecule has 2 unspecified atom stereocenters. The Morgan fingerprint density at radius 1 is 1.47 bits per heavy atom. The zero-order valence-corrected chi connectivity index (χ0v) is 12.0. The highest BCUT2D eigenvalue weighted by Gasteiger charge is 2.16. The molecule has 1 aromatic rings. The van der Waals surface area contributed by atoms with Crippen molar-refractivity contribution in [2.45, 2.75) is 45.2 Å². The van der Waals surface area contributed by atoms with Crippen LogP contribution in [-0.4, -0.2) is 19.1 Å². The monoisotopic (exact) mass is 264 g/mol. The number of hydrogen-bond acceptors (Lipinski definition) is 3. The molecule has 0 heterocycles. The largest absolute Gasteiger partial charge is 0.497 e. The minimum absolute atomic E-state index is 0.0738. The first kappa shape index (κ1) is 15.5. The first-order valence-electron chi connectivity index (χ1n) is 6.78. The standard InChI is InChI=1S/C15H24N2O2/c1-4-5-9-14(16)15(18)17-11(2)12-7-6-8-13(10-12)19-3/h6-8,10-11,14H,4-5,9,16H2,1-3H3,(H,17,18). The molecule has 1 rings (SSSR count). The van der Waals surface area contributed by atoms with Crippen molar-refractivity contribution in [3.05, 3.63) is 29.8 Å². The third-order valence-electron chi connectivity index (χ3n) is 3.16. The van der Waals surface area contributed by atoms with Gasteiger partial charge >= 0.3 is 0 Å². The second kappa shape index (κ2) is 7.79. The number of nitrogens with two attached hydrogens (primary N) is 1. The smallest absolute Gasteiger partial charge is 0.237 e. The van der Waals surface area contributed by atoms with Crippen LogP contribution >= 0.6 is 0 Å². The molecule has 0 aromatic heterocycles. The summed E-state index contributed by atoms with van der Waals surface area (Å²) in [5, 5.41) is 2.94. The summed E-state index contributed by atoms with van der Waals surface area (Å²) < 4.78 is 5.17. The van der Waals surface area contributed by atoms with Crippen LogP contribution in [-0.2, 0) is 4.79 Å². The molecule has 0 aliphatic heterocycles. The summed E-state index contributed by atoms with van der Waals surface area (Å²) in [6.07, 6.45) is 2.75. The Morgan fingerprint density at radius 2 is 2.21 bits per heavy atom. The Labute approximate surface area is 115 Å². The van der Waals surface area contributed by atoms with Crippen molar-refractivity contribution in [2.75, 3.05) is 7.11 Å². The van der Waals surface area contributed by atoms with E-state index in [1.54, 1.807) is 7.11 Å². The number of ether oxygens (including phenoxy) is 1. The first-order valence-corrected chi connectivity index (χ1v) is 6.78. The normalized spacial score (nSPS) is 13.7. The Bertz CT molecular complexity index is 407. The average molecular weight is 264 g/mol. The number of methoxy groups -OCH3 is 1. The van der Waals surface area contributed by atoms with E-state index in [2.05, 4.69) is 12.2 Å². The fourth-order valence-corrected chi connectivity index (χ4v) is 1.87. The van der Waals surface area contributed by atoms with Crippen LogP contribution in [0.1, 0.15) is 44.7 Å². The molecule has 0 aliphatic rings. The van der Waals surface area contributed by atoms with Gasteiger partial charge in [0, 0.05) is 0 Å². The van der Waals surface area contributed by atoms with E-state index in [-0.39, 0.29) is 11.9 Å². The number of carbonyl (C=O) groups is 1. The number of rotatable bonds is 7. The minimum Gasteiger partial charge on any atom is -0.497 e. The molecule has 0 spiro atoms. The SMILES string of the molecule is CCCCC(N)C(=O)NC(C)c1cccc(OC)c1. The van der Waals surface area contributed by atoms with Gasteiger partial charge in [-0.2, -0.15) is 0 Å². The van der Waals surface area contributed by atoms with Gasteiger partial charge in [0.25, 0.3) is 0 Å². The third-order valence-corrected chi connectivity index (χ3v) is 3.16. The van der Waals surface area contributed by atoms with Crippen LogP contribution in [0.25, 0.3) is 0 Å². The molecule has 0 aliphatic carbocycles. The molecule has 0 saturated carbocycles. The summed E-state index contributed by atoms with van der Waals surface area (Å²) >= 11 is 0. The van der Waals surface area contributed by atoms with Gasteiger partial charge in [-0.1, -0.05) is 31.9 Å². The molecule has 19 heavy (non-hydrogen) atoms. The van der Waals surface area contributed by atoms with E-state index in [1.165, 1.54) is 0 Å². The van der Waals surface area contributed by atoms with Crippen LogP contribution in [0.3, 0.4) is 0 Å². The number of hydrogen-bond donors (Lipinski definition) is 2. The Hall–Kier alpha value is -1.55. The molecule has 1 aromatic carbocycles. The van der Waals surface area contributed by atoms with Crippen molar-refractivity contribution in [2.24, 2.45) is 5.73 Å².